The number of hydrogen-bond donors (Lipinski definition) is 2. The Kier molecular flexibility index (Phi) is 5.71. The minimum Gasteiger partial charge on any atom is -0.497 e. The number of hydrogen-bond acceptors (Lipinski definition) is 6. The number of ketones is 1. The second-order valence-electron chi connectivity index (χ2n) is 5.96. The normalized spacial score (nSPS) is 17.2. The van der Waals surface area contributed by atoms with Crippen LogP contribution >= 0.6 is 11.8 Å². The number of thioether (sulfide) groups is 1. The molecule has 3 rings (SSSR count). The van der Waals surface area contributed by atoms with Gasteiger partial charge in [-0.1, -0.05) is 11.6 Å². The number of nitrogens with one attached hydrogen (secondary N) is 1. The highest BCUT2D eigenvalue weighted by Crippen LogP contribution is 2.35. The molecule has 0 spiro atoms. The molecule has 0 aliphatic carbocycles. The van der Waals surface area contributed by atoms with Gasteiger partial charge in [0.25, 0.3) is 0 Å². The fourth-order valence-corrected chi connectivity index (χ4v) is 3.44. The number of carboxylic acids is 1. The van der Waals surface area contributed by atoms with Crippen LogP contribution in [-0.2, 0) is 4.79 Å². The third-order valence-corrected chi connectivity index (χ3v) is 5.04. The highest BCUT2D eigenvalue weighted by molar-refractivity contribution is 8.00. The van der Waals surface area contributed by atoms with Gasteiger partial charge >= 0.3 is 5.97 Å². The lowest BCUT2D eigenvalue weighted by Crippen LogP contribution is -2.29. The van der Waals surface area contributed by atoms with E-state index in [0.29, 0.717) is 16.9 Å². The molecule has 0 saturated carbocycles. The number of rotatable bonds is 6. The van der Waals surface area contributed by atoms with Crippen LogP contribution in [0.15, 0.2) is 54.2 Å². The summed E-state index contributed by atoms with van der Waals surface area (Å²) < 4.78 is 11.0. The minimum absolute atomic E-state index is 0.168. The predicted molar refractivity (Wildman–Crippen MR) is 105 cm³/mol. The van der Waals surface area contributed by atoms with Crippen LogP contribution < -0.4 is 14.8 Å². The molecule has 140 valence electrons. The number of aliphatic carboxylic acids is 1. The summed E-state index contributed by atoms with van der Waals surface area (Å²) in [5.74, 6) is -0.115. The van der Waals surface area contributed by atoms with Crippen LogP contribution in [0, 0.1) is 6.92 Å². The molecule has 27 heavy (non-hydrogen) atoms. The molecule has 1 aliphatic rings. The summed E-state index contributed by atoms with van der Waals surface area (Å²) in [6.07, 6.45) is 1.58. The average molecular weight is 385 g/mol. The molecule has 0 unspecified atom stereocenters. The van der Waals surface area contributed by atoms with Gasteiger partial charge in [-0.15, -0.1) is 11.8 Å². The Balaban J connectivity index is 1.89. The molecule has 7 heteroatoms. The number of fused-ring (bicyclic) bond motifs is 1. The van der Waals surface area contributed by atoms with Gasteiger partial charge in [-0.05, 0) is 43.3 Å². The minimum atomic E-state index is -0.965. The molecule has 0 fully saturated rings. The third-order valence-electron chi connectivity index (χ3n) is 3.97. The third kappa shape index (κ3) is 4.43. The number of aryl methyl sites for hydroxylation is 1. The second-order valence-corrected chi connectivity index (χ2v) is 7.01. The van der Waals surface area contributed by atoms with Crippen LogP contribution in [0.4, 0.5) is 5.69 Å². The zero-order valence-corrected chi connectivity index (χ0v) is 15.7. The van der Waals surface area contributed by atoms with Crippen LogP contribution in [-0.4, -0.2) is 35.2 Å². The van der Waals surface area contributed by atoms with Gasteiger partial charge in [0.2, 0.25) is 0 Å². The SMILES string of the molecule is COc1ccc(N/C=C2\C(=O)c3cc(C)ccc3O[C@@H]2SCC(=O)O)cc1. The Bertz CT molecular complexity index is 892. The van der Waals surface area contributed by atoms with Crippen molar-refractivity contribution in [2.45, 2.75) is 12.4 Å². The molecule has 1 atom stereocenters. The zero-order chi connectivity index (χ0) is 19.4. The van der Waals surface area contributed by atoms with Crippen molar-refractivity contribution < 1.29 is 24.2 Å². The first-order valence-corrected chi connectivity index (χ1v) is 9.29. The Hall–Kier alpha value is -2.93. The summed E-state index contributed by atoms with van der Waals surface area (Å²) in [5.41, 5.74) is 1.87. The van der Waals surface area contributed by atoms with Crippen LogP contribution in [0.1, 0.15) is 15.9 Å². The predicted octanol–water partition coefficient (Wildman–Crippen LogP) is 3.72. The lowest BCUT2D eigenvalue weighted by atomic mass is 9.99. The smallest absolute Gasteiger partial charge is 0.313 e. The van der Waals surface area contributed by atoms with Gasteiger partial charge in [-0.25, -0.2) is 0 Å². The summed E-state index contributed by atoms with van der Waals surface area (Å²) in [7, 11) is 1.59. The van der Waals surface area contributed by atoms with Gasteiger partial charge in [-0.3, -0.25) is 9.59 Å². The van der Waals surface area contributed by atoms with Gasteiger partial charge in [0.1, 0.15) is 11.5 Å². The fraction of sp³-hybridized carbons (Fsp3) is 0.200. The van der Waals surface area contributed by atoms with Crippen molar-refractivity contribution in [3.63, 3.8) is 0 Å². The monoisotopic (exact) mass is 385 g/mol. The van der Waals surface area contributed by atoms with E-state index in [9.17, 15) is 9.59 Å². The maximum atomic E-state index is 13.0. The molecular formula is C20H19NO5S. The highest BCUT2D eigenvalue weighted by atomic mass is 32.2. The Morgan fingerprint density at radius 1 is 1.30 bits per heavy atom. The fourth-order valence-electron chi connectivity index (χ4n) is 2.62. The number of carbonyl (C=O) groups is 2. The number of benzene rings is 2. The molecule has 0 aromatic heterocycles. The molecule has 2 aromatic carbocycles. The standard InChI is InChI=1S/C20H19NO5S/c1-12-3-8-17-15(9-12)19(24)16(20(26-17)27-11-18(22)23)10-21-13-4-6-14(25-2)7-5-13/h3-10,20-21H,11H2,1-2H3,(H,22,23)/b16-10+/t20-/m1/s1. The Labute approximate surface area is 161 Å². The van der Waals surface area contributed by atoms with Crippen LogP contribution in [0.25, 0.3) is 0 Å². The van der Waals surface area contributed by atoms with Crippen LogP contribution in [0.3, 0.4) is 0 Å². The van der Waals surface area contributed by atoms with E-state index in [1.54, 1.807) is 37.6 Å². The first-order chi connectivity index (χ1) is 13.0. The van der Waals surface area contributed by atoms with E-state index >= 15 is 0 Å². The summed E-state index contributed by atoms with van der Waals surface area (Å²) >= 11 is 1.06. The van der Waals surface area contributed by atoms with Crippen LogP contribution in [0.5, 0.6) is 11.5 Å². The van der Waals surface area contributed by atoms with Crippen molar-refractivity contribution in [3.05, 3.63) is 65.4 Å². The zero-order valence-electron chi connectivity index (χ0n) is 14.9. The molecule has 0 bridgehead atoms. The van der Waals surface area contributed by atoms with Gasteiger partial charge in [0, 0.05) is 11.9 Å². The number of Topliss-reactive ketones (excluding diaryl/α,β-unsaturated/α-hetero) is 1. The van der Waals surface area contributed by atoms with E-state index in [1.807, 2.05) is 25.1 Å². The second kappa shape index (κ2) is 8.18. The molecule has 0 saturated heterocycles. The lowest BCUT2D eigenvalue weighted by molar-refractivity contribution is -0.133. The van der Waals surface area contributed by atoms with E-state index in [0.717, 1.165) is 28.8 Å². The molecule has 1 heterocycles. The molecule has 6 nitrogen and oxygen atoms in total. The molecular weight excluding hydrogens is 366 g/mol. The van der Waals surface area contributed by atoms with E-state index in [4.69, 9.17) is 14.6 Å². The number of ether oxygens (including phenoxy) is 2. The van der Waals surface area contributed by atoms with Crippen molar-refractivity contribution in [2.75, 3.05) is 18.2 Å². The highest BCUT2D eigenvalue weighted by Gasteiger charge is 2.32. The average Bonchev–Trinajstić information content (AvgIpc) is 2.66. The Morgan fingerprint density at radius 2 is 2.04 bits per heavy atom. The molecule has 2 aromatic rings. The number of methoxy groups -OCH3 is 1. The number of carboxylic acid groups (broad SMARTS) is 1. The van der Waals surface area contributed by atoms with E-state index in [-0.39, 0.29) is 11.5 Å². The van der Waals surface area contributed by atoms with Crippen LogP contribution in [0.2, 0.25) is 0 Å². The van der Waals surface area contributed by atoms with E-state index in [1.165, 1.54) is 0 Å². The van der Waals surface area contributed by atoms with Crippen molar-refractivity contribution in [3.8, 4) is 11.5 Å². The molecule has 1 aliphatic heterocycles. The molecule has 2 N–H and O–H groups in total. The summed E-state index contributed by atoms with van der Waals surface area (Å²) in [6.45, 7) is 1.90. The maximum absolute atomic E-state index is 13.0. The first-order valence-electron chi connectivity index (χ1n) is 8.24. The van der Waals surface area contributed by atoms with Crippen molar-refractivity contribution in [1.82, 2.24) is 0 Å². The summed E-state index contributed by atoms with van der Waals surface area (Å²) in [6, 6.07) is 12.6. The van der Waals surface area contributed by atoms with Crippen molar-refractivity contribution >= 4 is 29.2 Å². The summed E-state index contributed by atoms with van der Waals surface area (Å²) in [4.78, 5) is 23.9. The lowest BCUT2D eigenvalue weighted by Gasteiger charge is -2.27. The van der Waals surface area contributed by atoms with Gasteiger partial charge < -0.3 is 19.9 Å². The quantitative estimate of drug-likeness (QED) is 0.733. The van der Waals surface area contributed by atoms with Gasteiger partial charge in [0.15, 0.2) is 11.2 Å². The van der Waals surface area contributed by atoms with Crippen molar-refractivity contribution in [2.24, 2.45) is 0 Å². The topological polar surface area (TPSA) is 84.9 Å². The largest absolute Gasteiger partial charge is 0.497 e. The first kappa shape index (κ1) is 18.8. The van der Waals surface area contributed by atoms with E-state index < -0.39 is 11.4 Å². The maximum Gasteiger partial charge on any atom is 0.313 e. The molecule has 0 amide bonds. The van der Waals surface area contributed by atoms with E-state index in [2.05, 4.69) is 5.32 Å². The number of anilines is 1. The number of carbonyl (C=O) groups excluding carboxylic acids is 1. The van der Waals surface area contributed by atoms with Crippen molar-refractivity contribution in [1.29, 1.82) is 0 Å². The Morgan fingerprint density at radius 3 is 2.70 bits per heavy atom. The van der Waals surface area contributed by atoms with Gasteiger partial charge in [-0.2, -0.15) is 0 Å². The van der Waals surface area contributed by atoms with Gasteiger partial charge in [0.05, 0.1) is 24.0 Å². The summed E-state index contributed by atoms with van der Waals surface area (Å²) in [5, 5.41) is 12.1. The molecule has 0 radical (unpaired) electrons.